The summed E-state index contributed by atoms with van der Waals surface area (Å²) in [4.78, 5) is 20.7. The fourth-order valence-corrected chi connectivity index (χ4v) is 4.60. The lowest BCUT2D eigenvalue weighted by Gasteiger charge is -2.32. The van der Waals surface area contributed by atoms with Gasteiger partial charge in [-0.15, -0.1) is 0 Å². The number of rotatable bonds is 2. The van der Waals surface area contributed by atoms with Crippen molar-refractivity contribution in [1.29, 1.82) is 0 Å². The molecule has 0 fully saturated rings. The molecule has 0 spiro atoms. The Kier molecular flexibility index (Phi) is 3.53. The molecule has 2 aliphatic rings. The molecule has 2 aliphatic heterocycles. The summed E-state index contributed by atoms with van der Waals surface area (Å²) in [6.07, 6.45) is 5.43. The Morgan fingerprint density at radius 3 is 2.67 bits per heavy atom. The highest BCUT2D eigenvalue weighted by atomic mass is 16.5. The Labute approximate surface area is 172 Å². The molecule has 1 aromatic heterocycles. The van der Waals surface area contributed by atoms with Crippen LogP contribution in [0.2, 0.25) is 0 Å². The molecule has 1 unspecified atom stereocenters. The van der Waals surface area contributed by atoms with Gasteiger partial charge in [0.15, 0.2) is 18.1 Å². The number of hydrogen-bond acceptors (Lipinski definition) is 5. The van der Waals surface area contributed by atoms with Gasteiger partial charge in [-0.2, -0.15) is 0 Å². The number of fused-ring (bicyclic) bond motifs is 6. The molecular weight excluding hydrogens is 376 g/mol. The monoisotopic (exact) mass is 392 g/mol. The highest BCUT2D eigenvalue weighted by Gasteiger charge is 2.35. The lowest BCUT2D eigenvalue weighted by Crippen LogP contribution is -2.19. The summed E-state index contributed by atoms with van der Waals surface area (Å²) >= 11 is 0. The first-order valence-corrected chi connectivity index (χ1v) is 9.70. The zero-order valence-corrected chi connectivity index (χ0v) is 16.1. The SMILES string of the molecule is CN=Cc1c2c(c3c4c(cccc14)Oc1cnccc1-3)-c1ccccc1OC2C=O. The van der Waals surface area contributed by atoms with Crippen molar-refractivity contribution in [3.8, 4) is 39.5 Å². The maximum Gasteiger partial charge on any atom is 0.180 e. The van der Waals surface area contributed by atoms with Gasteiger partial charge in [0.2, 0.25) is 0 Å². The van der Waals surface area contributed by atoms with Gasteiger partial charge in [0.25, 0.3) is 0 Å². The molecule has 144 valence electrons. The van der Waals surface area contributed by atoms with E-state index in [0.717, 1.165) is 56.2 Å². The fourth-order valence-electron chi connectivity index (χ4n) is 4.60. The van der Waals surface area contributed by atoms with Crippen molar-refractivity contribution in [3.05, 3.63) is 72.1 Å². The van der Waals surface area contributed by atoms with Crippen LogP contribution in [0.25, 0.3) is 33.0 Å². The van der Waals surface area contributed by atoms with Gasteiger partial charge in [-0.05, 0) is 23.6 Å². The van der Waals surface area contributed by atoms with Gasteiger partial charge < -0.3 is 9.47 Å². The first-order valence-electron chi connectivity index (χ1n) is 9.70. The number of pyridine rings is 1. The molecule has 0 saturated heterocycles. The van der Waals surface area contributed by atoms with E-state index in [0.29, 0.717) is 11.5 Å². The Morgan fingerprint density at radius 2 is 1.80 bits per heavy atom. The van der Waals surface area contributed by atoms with E-state index in [-0.39, 0.29) is 0 Å². The van der Waals surface area contributed by atoms with Crippen molar-refractivity contribution in [2.75, 3.05) is 7.05 Å². The fraction of sp³-hybridized carbons (Fsp3) is 0.0800. The number of hydrogen-bond donors (Lipinski definition) is 0. The van der Waals surface area contributed by atoms with Gasteiger partial charge in [-0.3, -0.25) is 14.8 Å². The third kappa shape index (κ3) is 2.14. The van der Waals surface area contributed by atoms with Crippen LogP contribution in [0.1, 0.15) is 17.2 Å². The number of para-hydroxylation sites is 1. The minimum Gasteiger partial charge on any atom is -0.478 e. The number of nitrogens with zero attached hydrogens (tertiary/aromatic N) is 2. The molecule has 0 aliphatic carbocycles. The molecule has 3 heterocycles. The Balaban J connectivity index is 1.91. The van der Waals surface area contributed by atoms with E-state index in [1.807, 2.05) is 48.5 Å². The number of aldehydes is 1. The number of carbonyl (C=O) groups is 1. The average molecular weight is 392 g/mol. The smallest absolute Gasteiger partial charge is 0.180 e. The van der Waals surface area contributed by atoms with Crippen molar-refractivity contribution < 1.29 is 14.3 Å². The highest BCUT2D eigenvalue weighted by Crippen LogP contribution is 2.56. The van der Waals surface area contributed by atoms with Crippen LogP contribution in [0.5, 0.6) is 17.2 Å². The van der Waals surface area contributed by atoms with Crippen molar-refractivity contribution in [2.45, 2.75) is 6.10 Å². The van der Waals surface area contributed by atoms with Crippen molar-refractivity contribution in [2.24, 2.45) is 4.99 Å². The van der Waals surface area contributed by atoms with E-state index in [9.17, 15) is 4.79 Å². The molecule has 6 rings (SSSR count). The van der Waals surface area contributed by atoms with E-state index in [1.54, 1.807) is 25.7 Å². The third-order valence-corrected chi connectivity index (χ3v) is 5.73. The van der Waals surface area contributed by atoms with Crippen LogP contribution < -0.4 is 9.47 Å². The minimum atomic E-state index is -0.722. The summed E-state index contributed by atoms with van der Waals surface area (Å²) in [7, 11) is 1.73. The van der Waals surface area contributed by atoms with Crippen LogP contribution in [0.3, 0.4) is 0 Å². The van der Waals surface area contributed by atoms with Crippen LogP contribution in [0.4, 0.5) is 0 Å². The Hall–Kier alpha value is -3.99. The molecule has 3 aromatic carbocycles. The summed E-state index contributed by atoms with van der Waals surface area (Å²) in [5.74, 6) is 2.16. The van der Waals surface area contributed by atoms with Gasteiger partial charge in [0, 0.05) is 58.2 Å². The maximum absolute atomic E-state index is 12.1. The maximum atomic E-state index is 12.1. The molecule has 0 saturated carbocycles. The molecular formula is C25H16N2O3. The standard InChI is InChI=1S/C25H16N2O3/c1-26-11-17-14-6-4-8-19-22(14)25(16-9-10-27-12-20(16)30-19)24-15-5-2-3-7-18(15)29-21(13-28)23(17)24/h2-13,21H,1H3. The molecule has 0 radical (unpaired) electrons. The molecule has 30 heavy (non-hydrogen) atoms. The summed E-state index contributed by atoms with van der Waals surface area (Å²) in [5, 5.41) is 1.98. The summed E-state index contributed by atoms with van der Waals surface area (Å²) < 4.78 is 12.3. The number of aliphatic imine (C=N–C) groups is 1. The van der Waals surface area contributed by atoms with Crippen LogP contribution in [-0.4, -0.2) is 24.5 Å². The Morgan fingerprint density at radius 1 is 0.967 bits per heavy atom. The van der Waals surface area contributed by atoms with Crippen LogP contribution in [-0.2, 0) is 4.79 Å². The zero-order chi connectivity index (χ0) is 20.2. The first-order chi connectivity index (χ1) is 14.8. The van der Waals surface area contributed by atoms with Gasteiger partial charge in [-0.25, -0.2) is 0 Å². The Bertz CT molecular complexity index is 1390. The quantitative estimate of drug-likeness (QED) is 0.300. The predicted molar refractivity (Wildman–Crippen MR) is 116 cm³/mol. The van der Waals surface area contributed by atoms with E-state index in [4.69, 9.17) is 9.47 Å². The second kappa shape index (κ2) is 6.26. The average Bonchev–Trinajstić information content (AvgIpc) is 2.80. The molecule has 0 N–H and O–H groups in total. The van der Waals surface area contributed by atoms with E-state index >= 15 is 0 Å². The van der Waals surface area contributed by atoms with Gasteiger partial charge in [-0.1, -0.05) is 30.3 Å². The van der Waals surface area contributed by atoms with E-state index in [2.05, 4.69) is 9.98 Å². The van der Waals surface area contributed by atoms with Crippen LogP contribution in [0.15, 0.2) is 65.9 Å². The predicted octanol–water partition coefficient (Wildman–Crippen LogP) is 5.36. The van der Waals surface area contributed by atoms with Gasteiger partial charge >= 0.3 is 0 Å². The van der Waals surface area contributed by atoms with Gasteiger partial charge in [0.1, 0.15) is 11.5 Å². The number of ether oxygens (including phenoxy) is 2. The zero-order valence-electron chi connectivity index (χ0n) is 16.1. The summed E-state index contributed by atoms with van der Waals surface area (Å²) in [5.41, 5.74) is 5.63. The van der Waals surface area contributed by atoms with Crippen LogP contribution >= 0.6 is 0 Å². The number of aromatic nitrogens is 1. The molecule has 0 amide bonds. The molecule has 1 atom stereocenters. The summed E-state index contributed by atoms with van der Waals surface area (Å²) in [6, 6.07) is 15.7. The molecule has 5 heteroatoms. The molecule has 5 nitrogen and oxygen atoms in total. The second-order valence-corrected chi connectivity index (χ2v) is 7.29. The van der Waals surface area contributed by atoms with Crippen molar-refractivity contribution >= 4 is 23.3 Å². The number of benzene rings is 3. The largest absolute Gasteiger partial charge is 0.478 e. The van der Waals surface area contributed by atoms with Gasteiger partial charge in [0.05, 0.1) is 6.20 Å². The first kappa shape index (κ1) is 16.9. The van der Waals surface area contributed by atoms with E-state index < -0.39 is 6.10 Å². The second-order valence-electron chi connectivity index (χ2n) is 7.29. The number of carbonyl (C=O) groups excluding carboxylic acids is 1. The molecule has 0 bridgehead atoms. The van der Waals surface area contributed by atoms with Crippen LogP contribution in [0, 0.1) is 0 Å². The highest BCUT2D eigenvalue weighted by molar-refractivity contribution is 6.18. The topological polar surface area (TPSA) is 60.8 Å². The minimum absolute atomic E-state index is 0.691. The lowest BCUT2D eigenvalue weighted by molar-refractivity contribution is -0.114. The van der Waals surface area contributed by atoms with Crippen molar-refractivity contribution in [1.82, 2.24) is 4.98 Å². The third-order valence-electron chi connectivity index (χ3n) is 5.73. The summed E-state index contributed by atoms with van der Waals surface area (Å²) in [6.45, 7) is 0. The lowest BCUT2D eigenvalue weighted by atomic mass is 9.79. The van der Waals surface area contributed by atoms with E-state index in [1.165, 1.54) is 0 Å². The van der Waals surface area contributed by atoms with Crippen molar-refractivity contribution in [3.63, 3.8) is 0 Å². The molecule has 4 aromatic rings. The normalized spacial score (nSPS) is 15.7.